The molecule has 3 heterocycles. The lowest BCUT2D eigenvalue weighted by Crippen LogP contribution is -2.33. The van der Waals surface area contributed by atoms with Gasteiger partial charge >= 0.3 is 0 Å². The molecule has 40 heavy (non-hydrogen) atoms. The van der Waals surface area contributed by atoms with Crippen molar-refractivity contribution in [1.29, 1.82) is 0 Å². The number of hydrogen-bond acceptors (Lipinski definition) is 7. The molecule has 5 rings (SSSR count). The Kier molecular flexibility index (Phi) is 8.37. The van der Waals surface area contributed by atoms with E-state index in [9.17, 15) is 18.0 Å². The SMILES string of the molecule is CCCCN(CC)S(=O)(=O)c1ccc(C(=O)Nc2sc3c(c2-c2nc4ccccc4s2)CCN(C(C)=O)C3)cc1. The van der Waals surface area contributed by atoms with Crippen molar-refractivity contribution in [2.75, 3.05) is 25.0 Å². The van der Waals surface area contributed by atoms with Crippen molar-refractivity contribution in [2.24, 2.45) is 0 Å². The Morgan fingerprint density at radius 2 is 1.82 bits per heavy atom. The minimum atomic E-state index is -3.63. The predicted molar refractivity (Wildman–Crippen MR) is 161 cm³/mol. The van der Waals surface area contributed by atoms with Crippen LogP contribution in [0.25, 0.3) is 20.8 Å². The van der Waals surface area contributed by atoms with Crippen molar-refractivity contribution in [1.82, 2.24) is 14.2 Å². The van der Waals surface area contributed by atoms with E-state index in [1.807, 2.05) is 43.0 Å². The molecule has 2 aromatic heterocycles. The molecule has 0 atom stereocenters. The molecule has 0 saturated heterocycles. The first-order valence-corrected chi connectivity index (χ1v) is 16.5. The number of para-hydroxylation sites is 1. The largest absolute Gasteiger partial charge is 0.337 e. The van der Waals surface area contributed by atoms with Crippen molar-refractivity contribution >= 4 is 59.7 Å². The molecule has 210 valence electrons. The molecular formula is C29H32N4O4S3. The number of rotatable bonds is 9. The lowest BCUT2D eigenvalue weighted by Gasteiger charge is -2.26. The summed E-state index contributed by atoms with van der Waals surface area (Å²) in [5, 5.41) is 4.59. The topological polar surface area (TPSA) is 99.7 Å². The Balaban J connectivity index is 1.45. The van der Waals surface area contributed by atoms with Crippen LogP contribution in [0.3, 0.4) is 0 Å². The quantitative estimate of drug-likeness (QED) is 0.256. The third-order valence-electron chi connectivity index (χ3n) is 7.11. The number of fused-ring (bicyclic) bond motifs is 2. The van der Waals surface area contributed by atoms with Gasteiger partial charge in [0.15, 0.2) is 0 Å². The van der Waals surface area contributed by atoms with Crippen LogP contribution in [0.4, 0.5) is 5.00 Å². The molecule has 1 aliphatic heterocycles. The fraction of sp³-hybridized carbons (Fsp3) is 0.345. The fourth-order valence-electron chi connectivity index (χ4n) is 4.85. The van der Waals surface area contributed by atoms with Crippen molar-refractivity contribution in [3.05, 3.63) is 64.5 Å². The Hall–Kier alpha value is -3.12. The zero-order valence-corrected chi connectivity index (χ0v) is 25.2. The fourth-order valence-corrected chi connectivity index (χ4v) is 8.71. The zero-order chi connectivity index (χ0) is 28.4. The van der Waals surface area contributed by atoms with Gasteiger partial charge in [-0.1, -0.05) is 32.4 Å². The highest BCUT2D eigenvalue weighted by molar-refractivity contribution is 7.89. The maximum absolute atomic E-state index is 13.4. The number of nitrogens with one attached hydrogen (secondary N) is 1. The van der Waals surface area contributed by atoms with Gasteiger partial charge in [0.1, 0.15) is 10.0 Å². The number of hydrogen-bond donors (Lipinski definition) is 1. The number of carbonyl (C=O) groups excluding carboxylic acids is 2. The van der Waals surface area contributed by atoms with Crippen LogP contribution in [0.5, 0.6) is 0 Å². The van der Waals surface area contributed by atoms with E-state index >= 15 is 0 Å². The molecule has 4 aromatic rings. The molecule has 0 bridgehead atoms. The maximum Gasteiger partial charge on any atom is 0.256 e. The smallest absolute Gasteiger partial charge is 0.256 e. The molecule has 8 nitrogen and oxygen atoms in total. The molecule has 0 spiro atoms. The summed E-state index contributed by atoms with van der Waals surface area (Å²) in [5.41, 5.74) is 3.29. The number of thiophene rings is 1. The van der Waals surface area contributed by atoms with Gasteiger partial charge in [0.2, 0.25) is 15.9 Å². The first kappa shape index (κ1) is 28.4. The van der Waals surface area contributed by atoms with Gasteiger partial charge in [-0.3, -0.25) is 9.59 Å². The Morgan fingerprint density at radius 3 is 2.50 bits per heavy atom. The third kappa shape index (κ3) is 5.56. The summed E-state index contributed by atoms with van der Waals surface area (Å²) >= 11 is 3.05. The second-order valence-electron chi connectivity index (χ2n) is 9.71. The van der Waals surface area contributed by atoms with Crippen LogP contribution in [0, 0.1) is 0 Å². The van der Waals surface area contributed by atoms with Gasteiger partial charge in [0.25, 0.3) is 5.91 Å². The predicted octanol–water partition coefficient (Wildman–Crippen LogP) is 5.99. The monoisotopic (exact) mass is 596 g/mol. The minimum Gasteiger partial charge on any atom is -0.337 e. The first-order valence-electron chi connectivity index (χ1n) is 13.4. The van der Waals surface area contributed by atoms with Crippen LogP contribution in [0.1, 0.15) is 54.4 Å². The number of sulfonamides is 1. The number of nitrogens with zero attached hydrogens (tertiary/aromatic N) is 3. The van der Waals surface area contributed by atoms with E-state index in [4.69, 9.17) is 4.98 Å². The maximum atomic E-state index is 13.4. The summed E-state index contributed by atoms with van der Waals surface area (Å²) in [6.45, 7) is 7.41. The molecule has 11 heteroatoms. The Labute approximate surface area is 242 Å². The van der Waals surface area contributed by atoms with E-state index in [2.05, 4.69) is 5.32 Å². The van der Waals surface area contributed by atoms with Gasteiger partial charge in [-0.05, 0) is 54.8 Å². The normalized spacial score (nSPS) is 13.6. The summed E-state index contributed by atoms with van der Waals surface area (Å²) in [7, 11) is -3.63. The molecule has 0 saturated carbocycles. The molecule has 1 N–H and O–H groups in total. The van der Waals surface area contributed by atoms with Gasteiger partial charge < -0.3 is 10.2 Å². The summed E-state index contributed by atoms with van der Waals surface area (Å²) < 4.78 is 28.7. The second-order valence-corrected chi connectivity index (χ2v) is 13.8. The van der Waals surface area contributed by atoms with Crippen LogP contribution >= 0.6 is 22.7 Å². The van der Waals surface area contributed by atoms with Gasteiger partial charge in [-0.2, -0.15) is 4.31 Å². The van der Waals surface area contributed by atoms with Gasteiger partial charge in [0.05, 0.1) is 21.7 Å². The molecular weight excluding hydrogens is 565 g/mol. The number of carbonyl (C=O) groups is 2. The van der Waals surface area contributed by atoms with Crippen LogP contribution in [-0.4, -0.2) is 54.1 Å². The van der Waals surface area contributed by atoms with E-state index in [-0.39, 0.29) is 16.7 Å². The van der Waals surface area contributed by atoms with Crippen LogP contribution in [-0.2, 0) is 27.8 Å². The average molecular weight is 597 g/mol. The molecule has 2 aromatic carbocycles. The molecule has 2 amide bonds. The van der Waals surface area contributed by atoms with E-state index in [0.29, 0.717) is 43.2 Å². The van der Waals surface area contributed by atoms with E-state index < -0.39 is 10.0 Å². The number of unbranched alkanes of at least 4 members (excludes halogenated alkanes) is 1. The number of aromatic nitrogens is 1. The van der Waals surface area contributed by atoms with Crippen molar-refractivity contribution in [3.8, 4) is 10.6 Å². The summed E-state index contributed by atoms with van der Waals surface area (Å²) in [5.74, 6) is -0.302. The molecule has 1 aliphatic rings. The molecule has 0 fully saturated rings. The zero-order valence-electron chi connectivity index (χ0n) is 22.8. The third-order valence-corrected chi connectivity index (χ3v) is 11.3. The van der Waals surface area contributed by atoms with E-state index in [1.165, 1.54) is 27.8 Å². The highest BCUT2D eigenvalue weighted by Crippen LogP contribution is 2.45. The highest BCUT2D eigenvalue weighted by Gasteiger charge is 2.29. The number of benzene rings is 2. The minimum absolute atomic E-state index is 0.0255. The van der Waals surface area contributed by atoms with E-state index in [0.717, 1.165) is 44.1 Å². The second kappa shape index (κ2) is 11.8. The standard InChI is InChI=1S/C29H32N4O4S3/c1-4-6-16-33(5-2)40(36,37)21-13-11-20(12-14-21)27(35)31-29-26(28-30-23-9-7-8-10-24(23)38-28)22-15-17-32(19(3)34)18-25(22)39-29/h7-14H,4-6,15-18H2,1-3H3,(H,31,35). The Bertz CT molecular complexity index is 1630. The van der Waals surface area contributed by atoms with Gasteiger partial charge in [0, 0.05) is 42.6 Å². The highest BCUT2D eigenvalue weighted by atomic mass is 32.2. The van der Waals surface area contributed by atoms with Crippen molar-refractivity contribution < 1.29 is 18.0 Å². The first-order chi connectivity index (χ1) is 19.2. The Morgan fingerprint density at radius 1 is 1.07 bits per heavy atom. The lowest BCUT2D eigenvalue weighted by atomic mass is 10.0. The average Bonchev–Trinajstić information content (AvgIpc) is 3.53. The van der Waals surface area contributed by atoms with Gasteiger partial charge in [-0.25, -0.2) is 13.4 Å². The number of amides is 2. The molecule has 0 aliphatic carbocycles. The van der Waals surface area contributed by atoms with Crippen LogP contribution in [0.2, 0.25) is 0 Å². The summed E-state index contributed by atoms with van der Waals surface area (Å²) in [6, 6.07) is 14.0. The lowest BCUT2D eigenvalue weighted by molar-refractivity contribution is -0.129. The van der Waals surface area contributed by atoms with E-state index in [1.54, 1.807) is 30.4 Å². The van der Waals surface area contributed by atoms with Gasteiger partial charge in [-0.15, -0.1) is 22.7 Å². The molecule has 0 unspecified atom stereocenters. The van der Waals surface area contributed by atoms with Crippen molar-refractivity contribution in [3.63, 3.8) is 0 Å². The summed E-state index contributed by atoms with van der Waals surface area (Å²) in [4.78, 5) is 33.4. The van der Waals surface area contributed by atoms with Crippen molar-refractivity contribution in [2.45, 2.75) is 51.5 Å². The number of thiazole rings is 1. The number of anilines is 1. The van der Waals surface area contributed by atoms with Crippen LogP contribution < -0.4 is 5.32 Å². The van der Waals surface area contributed by atoms with Crippen LogP contribution in [0.15, 0.2) is 53.4 Å². The molecule has 0 radical (unpaired) electrons. The summed E-state index contributed by atoms with van der Waals surface area (Å²) in [6.07, 6.45) is 2.38.